The van der Waals surface area contributed by atoms with Gasteiger partial charge in [-0.2, -0.15) is 5.10 Å². The van der Waals surface area contributed by atoms with Gasteiger partial charge < -0.3 is 14.2 Å². The molecule has 0 amide bonds. The lowest BCUT2D eigenvalue weighted by molar-refractivity contribution is -0.0190. The minimum atomic E-state index is -0.410. The third-order valence-corrected chi connectivity index (χ3v) is 7.11. The van der Waals surface area contributed by atoms with Crippen LogP contribution in [0.3, 0.4) is 0 Å². The van der Waals surface area contributed by atoms with Crippen LogP contribution in [0.15, 0.2) is 107 Å². The molecule has 0 spiro atoms. The van der Waals surface area contributed by atoms with E-state index in [0.717, 1.165) is 44.8 Å². The molecule has 4 aromatic carbocycles. The first kappa shape index (κ1) is 23.3. The zero-order valence-corrected chi connectivity index (χ0v) is 21.6. The van der Waals surface area contributed by atoms with Gasteiger partial charge in [0, 0.05) is 22.0 Å². The van der Waals surface area contributed by atoms with Crippen molar-refractivity contribution in [2.75, 3.05) is 7.11 Å². The Kier molecular flexibility index (Phi) is 6.14. The highest BCUT2D eigenvalue weighted by atomic mass is 79.9. The van der Waals surface area contributed by atoms with E-state index in [0.29, 0.717) is 11.3 Å². The highest BCUT2D eigenvalue weighted by Gasteiger charge is 2.40. The number of hydrazone groups is 1. The number of rotatable bonds is 5. The first-order valence-electron chi connectivity index (χ1n) is 11.9. The Morgan fingerprint density at radius 3 is 2.35 bits per heavy atom. The summed E-state index contributed by atoms with van der Waals surface area (Å²) >= 11 is 3.38. The number of carbonyl (C=O) groups is 1. The third-order valence-electron chi connectivity index (χ3n) is 6.58. The second-order valence-electron chi connectivity index (χ2n) is 8.85. The predicted octanol–water partition coefficient (Wildman–Crippen LogP) is 6.92. The van der Waals surface area contributed by atoms with Crippen LogP contribution in [-0.2, 0) is 0 Å². The smallest absolute Gasteiger partial charge is 0.343 e. The van der Waals surface area contributed by atoms with Gasteiger partial charge in [0.2, 0.25) is 6.23 Å². The molecule has 2 atom stereocenters. The minimum Gasteiger partial charge on any atom is -0.497 e. The van der Waals surface area contributed by atoms with E-state index in [1.807, 2.05) is 71.7 Å². The average molecular weight is 555 g/mol. The van der Waals surface area contributed by atoms with Crippen LogP contribution >= 0.6 is 15.9 Å². The number of fused-ring (bicyclic) bond motifs is 3. The molecule has 6 nitrogen and oxygen atoms in total. The fraction of sp³-hybridized carbons (Fsp3) is 0.133. The van der Waals surface area contributed by atoms with Gasteiger partial charge in [0.15, 0.2) is 0 Å². The van der Waals surface area contributed by atoms with Gasteiger partial charge in [-0.15, -0.1) is 0 Å². The Balaban J connectivity index is 1.27. The summed E-state index contributed by atoms with van der Waals surface area (Å²) in [5.74, 6) is 1.72. The summed E-state index contributed by atoms with van der Waals surface area (Å²) in [7, 11) is 1.66. The average Bonchev–Trinajstić information content (AvgIpc) is 3.39. The largest absolute Gasteiger partial charge is 0.497 e. The lowest BCUT2D eigenvalue weighted by atomic mass is 9.96. The number of ether oxygens (including phenoxy) is 3. The van der Waals surface area contributed by atoms with Gasteiger partial charge in [-0.25, -0.2) is 9.80 Å². The van der Waals surface area contributed by atoms with Crippen molar-refractivity contribution in [3.8, 4) is 17.2 Å². The van der Waals surface area contributed by atoms with E-state index in [4.69, 9.17) is 19.3 Å². The number of halogens is 1. The van der Waals surface area contributed by atoms with Crippen LogP contribution < -0.4 is 14.2 Å². The summed E-state index contributed by atoms with van der Waals surface area (Å²) < 4.78 is 18.2. The Morgan fingerprint density at radius 1 is 0.919 bits per heavy atom. The van der Waals surface area contributed by atoms with Crippen LogP contribution in [0.2, 0.25) is 0 Å². The number of nitrogens with zero attached hydrogens (tertiary/aromatic N) is 2. The second-order valence-corrected chi connectivity index (χ2v) is 9.76. The molecular weight excluding hydrogens is 532 g/mol. The normalized spacial score (nSPS) is 17.8. The van der Waals surface area contributed by atoms with Gasteiger partial charge in [0.1, 0.15) is 17.2 Å². The fourth-order valence-corrected chi connectivity index (χ4v) is 4.93. The zero-order chi connectivity index (χ0) is 25.4. The van der Waals surface area contributed by atoms with Crippen molar-refractivity contribution in [2.45, 2.75) is 18.7 Å². The zero-order valence-electron chi connectivity index (χ0n) is 20.0. The molecule has 0 radical (unpaired) electrons. The fourth-order valence-electron chi connectivity index (χ4n) is 4.66. The van der Waals surface area contributed by atoms with E-state index in [9.17, 15) is 4.79 Å². The quantitative estimate of drug-likeness (QED) is 0.198. The summed E-state index contributed by atoms with van der Waals surface area (Å²) in [6.07, 6.45) is 0.360. The molecule has 6 rings (SSSR count). The topological polar surface area (TPSA) is 60.4 Å². The Hall–Kier alpha value is -4.10. The summed E-state index contributed by atoms with van der Waals surface area (Å²) in [5.41, 5.74) is 4.58. The first-order valence-corrected chi connectivity index (χ1v) is 12.7. The van der Waals surface area contributed by atoms with Crippen molar-refractivity contribution in [2.24, 2.45) is 5.10 Å². The first-order chi connectivity index (χ1) is 18.1. The molecule has 2 heterocycles. The van der Waals surface area contributed by atoms with Crippen LogP contribution in [0.5, 0.6) is 17.2 Å². The molecule has 0 N–H and O–H groups in total. The van der Waals surface area contributed by atoms with Crippen LogP contribution in [0.1, 0.15) is 45.7 Å². The molecule has 0 aromatic heterocycles. The molecule has 0 fully saturated rings. The maximum Gasteiger partial charge on any atom is 0.343 e. The number of benzene rings is 4. The summed E-state index contributed by atoms with van der Waals surface area (Å²) in [6, 6.07) is 30.6. The Labute approximate surface area is 223 Å². The Morgan fingerprint density at radius 2 is 1.62 bits per heavy atom. The third kappa shape index (κ3) is 4.58. The number of hydrogen-bond acceptors (Lipinski definition) is 6. The highest BCUT2D eigenvalue weighted by Crippen LogP contribution is 2.47. The van der Waals surface area contributed by atoms with Crippen LogP contribution in [-0.4, -0.2) is 23.8 Å². The van der Waals surface area contributed by atoms with Crippen LogP contribution in [0.4, 0.5) is 0 Å². The van der Waals surface area contributed by atoms with E-state index < -0.39 is 12.2 Å². The summed E-state index contributed by atoms with van der Waals surface area (Å²) in [6.45, 7) is 0. The van der Waals surface area contributed by atoms with Gasteiger partial charge in [-0.3, -0.25) is 0 Å². The van der Waals surface area contributed by atoms with Crippen molar-refractivity contribution in [3.63, 3.8) is 0 Å². The lowest BCUT2D eigenvalue weighted by Gasteiger charge is -2.38. The molecule has 0 unspecified atom stereocenters. The van der Waals surface area contributed by atoms with Crippen molar-refractivity contribution in [3.05, 3.63) is 124 Å². The molecular formula is C30H23BrN2O4. The number of para-hydroxylation sites is 1. The molecule has 2 aliphatic rings. The van der Waals surface area contributed by atoms with E-state index in [-0.39, 0.29) is 6.04 Å². The van der Waals surface area contributed by atoms with Gasteiger partial charge in [-0.05, 0) is 84.4 Å². The van der Waals surface area contributed by atoms with Crippen LogP contribution in [0.25, 0.3) is 0 Å². The molecule has 0 aliphatic carbocycles. The lowest BCUT2D eigenvalue weighted by Crippen LogP contribution is -2.33. The number of esters is 1. The predicted molar refractivity (Wildman–Crippen MR) is 144 cm³/mol. The monoisotopic (exact) mass is 554 g/mol. The number of carbonyl (C=O) groups excluding carboxylic acids is 1. The van der Waals surface area contributed by atoms with Crippen molar-refractivity contribution < 1.29 is 19.0 Å². The summed E-state index contributed by atoms with van der Waals surface area (Å²) in [4.78, 5) is 12.5. The molecule has 0 saturated carbocycles. The number of hydrogen-bond donors (Lipinski definition) is 0. The summed E-state index contributed by atoms with van der Waals surface area (Å²) in [5, 5.41) is 7.04. The van der Waals surface area contributed by atoms with E-state index >= 15 is 0 Å². The second kappa shape index (κ2) is 9.75. The molecule has 7 heteroatoms. The van der Waals surface area contributed by atoms with Crippen molar-refractivity contribution in [1.82, 2.24) is 5.01 Å². The maximum atomic E-state index is 12.5. The van der Waals surface area contributed by atoms with E-state index in [2.05, 4.69) is 22.0 Å². The number of methoxy groups -OCH3 is 1. The molecule has 2 aliphatic heterocycles. The van der Waals surface area contributed by atoms with E-state index in [1.165, 1.54) is 0 Å². The van der Waals surface area contributed by atoms with Gasteiger partial charge in [0.05, 0.1) is 24.4 Å². The van der Waals surface area contributed by atoms with Gasteiger partial charge in [-0.1, -0.05) is 34.1 Å². The van der Waals surface area contributed by atoms with Gasteiger partial charge in [0.25, 0.3) is 0 Å². The van der Waals surface area contributed by atoms with Crippen LogP contribution in [0, 0.1) is 0 Å². The Bertz CT molecular complexity index is 1470. The molecule has 4 aromatic rings. The minimum absolute atomic E-state index is 0.0574. The SMILES string of the molecule is COc1ccc(C2=NN3[C@@H](C2)c2ccccc2O[C@H]3c2ccc(OC(=O)c3ccc(Br)cc3)cc2)cc1. The highest BCUT2D eigenvalue weighted by molar-refractivity contribution is 9.10. The van der Waals surface area contributed by atoms with E-state index in [1.54, 1.807) is 31.4 Å². The van der Waals surface area contributed by atoms with Crippen molar-refractivity contribution in [1.29, 1.82) is 0 Å². The van der Waals surface area contributed by atoms with Gasteiger partial charge >= 0.3 is 5.97 Å². The standard InChI is InChI=1S/C30H23BrN2O4/c1-35-23-14-8-19(9-15-23)26-18-27-25-4-2-3-5-28(25)37-29(33(27)32-26)20-10-16-24(17-11-20)36-30(34)21-6-12-22(31)13-7-21/h2-17,27,29H,18H2,1H3/t27-,29-/m0/s1. The van der Waals surface area contributed by atoms with Crippen molar-refractivity contribution >= 4 is 27.6 Å². The molecule has 0 bridgehead atoms. The maximum absolute atomic E-state index is 12.5. The molecule has 0 saturated heterocycles. The molecule has 37 heavy (non-hydrogen) atoms. The molecule has 184 valence electrons.